The Bertz CT molecular complexity index is 1090. The van der Waals surface area contributed by atoms with Crippen LogP contribution in [0.2, 0.25) is 5.28 Å². The van der Waals surface area contributed by atoms with Gasteiger partial charge >= 0.3 is 0 Å². The highest BCUT2D eigenvalue weighted by Crippen LogP contribution is 2.24. The lowest BCUT2D eigenvalue weighted by Crippen LogP contribution is -2.52. The van der Waals surface area contributed by atoms with Crippen molar-refractivity contribution in [3.8, 4) is 10.8 Å². The van der Waals surface area contributed by atoms with E-state index in [1.54, 1.807) is 36.3 Å². The quantitative estimate of drug-likeness (QED) is 0.396. The van der Waals surface area contributed by atoms with Crippen molar-refractivity contribution in [1.29, 1.82) is 0 Å². The minimum absolute atomic E-state index is 0.115. The molecule has 1 aliphatic heterocycles. The van der Waals surface area contributed by atoms with Crippen LogP contribution in [0.1, 0.15) is 16.2 Å². The second kappa shape index (κ2) is 7.04. The number of rotatable bonds is 2. The van der Waals surface area contributed by atoms with E-state index in [0.29, 0.717) is 63.7 Å². The number of fused-ring (bicyclic) bond motifs is 1. The fourth-order valence-corrected chi connectivity index (χ4v) is 4.33. The van der Waals surface area contributed by atoms with Gasteiger partial charge in [0.15, 0.2) is 16.7 Å². The van der Waals surface area contributed by atoms with Crippen molar-refractivity contribution in [2.45, 2.75) is 13.1 Å². The number of carbonyl (C=O) groups is 1. The van der Waals surface area contributed by atoms with E-state index in [1.807, 2.05) is 4.57 Å². The second-order valence-corrected chi connectivity index (χ2v) is 7.97. The molecule has 0 bridgehead atoms. The lowest BCUT2D eigenvalue weighted by Gasteiger charge is -2.29. The number of carbonyl (C=O) groups excluding carboxylic acids is 1. The number of nitrogens with zero attached hydrogens (tertiary/aromatic N) is 6. The van der Waals surface area contributed by atoms with Gasteiger partial charge in [0.25, 0.3) is 5.91 Å². The van der Waals surface area contributed by atoms with Gasteiger partial charge in [-0.3, -0.25) is 4.79 Å². The van der Waals surface area contributed by atoms with Gasteiger partial charge in [0.1, 0.15) is 37.2 Å². The molecule has 0 unspecified atom stereocenters. The lowest BCUT2D eigenvalue weighted by atomic mass is 9.66. The van der Waals surface area contributed by atoms with Crippen molar-refractivity contribution in [3.05, 3.63) is 22.5 Å². The van der Waals surface area contributed by atoms with Gasteiger partial charge in [-0.25, -0.2) is 9.37 Å². The molecule has 0 fully saturated rings. The van der Waals surface area contributed by atoms with Gasteiger partial charge < -0.3 is 9.47 Å². The van der Waals surface area contributed by atoms with E-state index in [9.17, 15) is 9.18 Å². The van der Waals surface area contributed by atoms with E-state index >= 15 is 0 Å². The maximum atomic E-state index is 14.3. The Morgan fingerprint density at radius 1 is 1.07 bits per heavy atom. The van der Waals surface area contributed by atoms with Crippen LogP contribution in [0.3, 0.4) is 0 Å². The number of hydrogen-bond acceptors (Lipinski definition) is 6. The zero-order valence-electron chi connectivity index (χ0n) is 15.9. The molecule has 2 aromatic heterocycles. The van der Waals surface area contributed by atoms with Gasteiger partial charge in [-0.15, -0.1) is 10.2 Å². The van der Waals surface area contributed by atoms with E-state index in [1.165, 1.54) is 0 Å². The minimum Gasteiger partial charge on any atom is -0.329 e. The zero-order chi connectivity index (χ0) is 20.2. The first-order valence-electron chi connectivity index (χ1n) is 8.76. The maximum absolute atomic E-state index is 14.3. The molecule has 0 saturated heterocycles. The van der Waals surface area contributed by atoms with Crippen molar-refractivity contribution in [3.63, 3.8) is 0 Å². The first-order valence-corrected chi connectivity index (χ1v) is 9.91. The van der Waals surface area contributed by atoms with E-state index in [0.717, 1.165) is 11.5 Å². The Kier molecular flexibility index (Phi) is 4.83. The highest BCUT2D eigenvalue weighted by molar-refractivity contribution is 7.09. The molecule has 3 heterocycles. The van der Waals surface area contributed by atoms with Crippen molar-refractivity contribution >= 4 is 82.3 Å². The Hall–Kier alpha value is -2.13. The van der Waals surface area contributed by atoms with Gasteiger partial charge in [-0.05, 0) is 23.1 Å². The molecule has 7 nitrogen and oxygen atoms in total. The maximum Gasteiger partial charge on any atom is 0.253 e. The Labute approximate surface area is 173 Å². The van der Waals surface area contributed by atoms with Gasteiger partial charge in [0, 0.05) is 18.7 Å². The predicted octanol–water partition coefficient (Wildman–Crippen LogP) is -4.72. The van der Waals surface area contributed by atoms with Gasteiger partial charge in [0.2, 0.25) is 5.28 Å². The number of benzene rings is 1. The van der Waals surface area contributed by atoms with Crippen molar-refractivity contribution < 1.29 is 9.18 Å². The van der Waals surface area contributed by atoms with Crippen LogP contribution in [0.5, 0.6) is 0 Å². The standard InChI is InChI=1S/C14H14B4ClFN6OS/c15-6-5(7(16)9(18)10(20)8(6)17)13(27)25-1-2-26-4(3-25)22-23-11(26)12-21-14(19)24-28-12/h1-3,15-18H2. The third kappa shape index (κ3) is 2.97. The first-order chi connectivity index (χ1) is 13.3. The third-order valence-electron chi connectivity index (χ3n) is 5.38. The fraction of sp³-hybridized carbons (Fsp3) is 0.214. The predicted molar refractivity (Wildman–Crippen MR) is 118 cm³/mol. The molecule has 0 spiro atoms. The van der Waals surface area contributed by atoms with Crippen LogP contribution in [0.15, 0.2) is 0 Å². The smallest absolute Gasteiger partial charge is 0.253 e. The van der Waals surface area contributed by atoms with Gasteiger partial charge in [0.05, 0.1) is 6.54 Å². The fourth-order valence-electron chi connectivity index (χ4n) is 3.53. The van der Waals surface area contributed by atoms with E-state index in [2.05, 4.69) is 19.6 Å². The summed E-state index contributed by atoms with van der Waals surface area (Å²) < 4.78 is 20.2. The van der Waals surface area contributed by atoms with Crippen LogP contribution >= 0.6 is 23.1 Å². The van der Waals surface area contributed by atoms with E-state index in [4.69, 9.17) is 11.6 Å². The van der Waals surface area contributed by atoms with Crippen molar-refractivity contribution in [1.82, 2.24) is 29.0 Å². The van der Waals surface area contributed by atoms with Crippen LogP contribution in [0.25, 0.3) is 10.8 Å². The number of aromatic nitrogens is 5. The third-order valence-corrected chi connectivity index (χ3v) is 6.36. The number of amides is 1. The van der Waals surface area contributed by atoms with E-state index in [-0.39, 0.29) is 17.0 Å². The molecular formula is C14H14B4ClFN6OS. The molecule has 1 amide bonds. The van der Waals surface area contributed by atoms with Gasteiger partial charge in [-0.2, -0.15) is 4.37 Å². The van der Waals surface area contributed by atoms with Gasteiger partial charge in [-0.1, -0.05) is 21.9 Å². The highest BCUT2D eigenvalue weighted by atomic mass is 35.5. The summed E-state index contributed by atoms with van der Waals surface area (Å²) in [5, 5.41) is 9.19. The summed E-state index contributed by atoms with van der Waals surface area (Å²) >= 11 is 6.97. The summed E-state index contributed by atoms with van der Waals surface area (Å²) in [6.07, 6.45) is 0. The molecule has 4 rings (SSSR count). The first kappa shape index (κ1) is 19.2. The topological polar surface area (TPSA) is 76.8 Å². The van der Waals surface area contributed by atoms with Crippen LogP contribution in [0, 0.1) is 5.82 Å². The Balaban J connectivity index is 1.66. The largest absolute Gasteiger partial charge is 0.329 e. The summed E-state index contributed by atoms with van der Waals surface area (Å²) in [5.41, 5.74) is 2.97. The molecule has 0 aliphatic carbocycles. The number of hydrogen-bond donors (Lipinski definition) is 0. The molecule has 1 aliphatic rings. The van der Waals surface area contributed by atoms with Crippen LogP contribution in [-0.2, 0) is 13.1 Å². The van der Waals surface area contributed by atoms with Crippen LogP contribution in [0.4, 0.5) is 4.39 Å². The zero-order valence-corrected chi connectivity index (χ0v) is 17.4. The molecule has 14 heteroatoms. The molecule has 0 atom stereocenters. The van der Waals surface area contributed by atoms with Crippen LogP contribution < -0.4 is 21.9 Å². The Morgan fingerprint density at radius 2 is 1.75 bits per heavy atom. The number of halogens is 2. The summed E-state index contributed by atoms with van der Waals surface area (Å²) in [6, 6.07) is 0. The average molecular weight is 412 g/mol. The minimum atomic E-state index is -0.245. The Morgan fingerprint density at radius 3 is 2.36 bits per heavy atom. The summed E-state index contributed by atoms with van der Waals surface area (Å²) in [4.78, 5) is 19.1. The molecular weight excluding hydrogens is 398 g/mol. The monoisotopic (exact) mass is 412 g/mol. The summed E-state index contributed by atoms with van der Waals surface area (Å²) in [6.45, 7) is 1.36. The molecule has 0 saturated carbocycles. The summed E-state index contributed by atoms with van der Waals surface area (Å²) in [7, 11) is 7.00. The molecule has 1 aromatic carbocycles. The van der Waals surface area contributed by atoms with Crippen LogP contribution in [-0.4, -0.2) is 72.9 Å². The van der Waals surface area contributed by atoms with E-state index < -0.39 is 0 Å². The van der Waals surface area contributed by atoms with Crippen molar-refractivity contribution in [2.24, 2.45) is 0 Å². The molecule has 28 heavy (non-hydrogen) atoms. The molecule has 0 radical (unpaired) electrons. The lowest BCUT2D eigenvalue weighted by molar-refractivity contribution is 0.0711. The molecule has 138 valence electrons. The SMILES string of the molecule is Bc1c(B)c(C(=O)N2CCn3c(nnc3-c3nc(Cl)ns3)C2)c(B)c(B)c1F. The molecule has 0 N–H and O–H groups in total. The van der Waals surface area contributed by atoms with Crippen molar-refractivity contribution in [2.75, 3.05) is 6.54 Å². The second-order valence-electron chi connectivity index (χ2n) is 6.88. The summed E-state index contributed by atoms with van der Waals surface area (Å²) in [5.74, 6) is 0.917. The normalized spacial score (nSPS) is 13.6. The molecule has 3 aromatic rings. The highest BCUT2D eigenvalue weighted by Gasteiger charge is 2.29. The average Bonchev–Trinajstić information content (AvgIpc) is 3.30.